The van der Waals surface area contributed by atoms with E-state index in [-0.39, 0.29) is 5.38 Å². The molecule has 1 unspecified atom stereocenters. The Labute approximate surface area is 95.9 Å². The van der Waals surface area contributed by atoms with Crippen LogP contribution < -0.4 is 0 Å². The van der Waals surface area contributed by atoms with Gasteiger partial charge in [-0.25, -0.2) is 0 Å². The fraction of sp³-hybridized carbons (Fsp3) is 0.583. The number of nitrogens with zero attached hydrogens (tertiary/aromatic N) is 2. The fourth-order valence-electron chi connectivity index (χ4n) is 2.06. The molecule has 0 saturated heterocycles. The van der Waals surface area contributed by atoms with Crippen LogP contribution in [0.1, 0.15) is 31.2 Å². The molecule has 1 atom stereocenters. The van der Waals surface area contributed by atoms with Gasteiger partial charge in [-0.15, -0.1) is 11.6 Å². The lowest BCUT2D eigenvalue weighted by atomic mass is 9.95. The van der Waals surface area contributed by atoms with Crippen molar-refractivity contribution in [3.8, 4) is 0 Å². The van der Waals surface area contributed by atoms with Crippen LogP contribution in [0.2, 0.25) is 0 Å². The monoisotopic (exact) mass is 224 g/mol. The lowest BCUT2D eigenvalue weighted by Crippen LogP contribution is -2.03. The molecule has 0 amide bonds. The quantitative estimate of drug-likeness (QED) is 0.570. The predicted octanol–water partition coefficient (Wildman–Crippen LogP) is 3.07. The molecule has 0 saturated carbocycles. The van der Waals surface area contributed by atoms with Gasteiger partial charge in [0.15, 0.2) is 0 Å². The van der Waals surface area contributed by atoms with Gasteiger partial charge in [0, 0.05) is 13.2 Å². The molecule has 0 N–H and O–H groups in total. The van der Waals surface area contributed by atoms with Gasteiger partial charge >= 0.3 is 0 Å². The van der Waals surface area contributed by atoms with Crippen LogP contribution >= 0.6 is 11.6 Å². The van der Waals surface area contributed by atoms with Crippen molar-refractivity contribution in [2.45, 2.75) is 37.5 Å². The number of alkyl halides is 1. The van der Waals surface area contributed by atoms with E-state index in [0.717, 1.165) is 19.3 Å². The van der Waals surface area contributed by atoms with Crippen LogP contribution in [0.15, 0.2) is 24.0 Å². The molecule has 0 spiro atoms. The molecule has 1 aliphatic rings. The summed E-state index contributed by atoms with van der Waals surface area (Å²) in [5.74, 6) is 0. The molecule has 0 radical (unpaired) electrons. The predicted molar refractivity (Wildman–Crippen MR) is 63.1 cm³/mol. The minimum atomic E-state index is 0.266. The van der Waals surface area contributed by atoms with Gasteiger partial charge in [0.05, 0.1) is 11.6 Å². The van der Waals surface area contributed by atoms with Crippen LogP contribution in [-0.2, 0) is 13.5 Å². The molecule has 2 rings (SSSR count). The third-order valence-corrected chi connectivity index (χ3v) is 3.23. The van der Waals surface area contributed by atoms with E-state index in [2.05, 4.69) is 17.4 Å². The van der Waals surface area contributed by atoms with E-state index in [4.69, 9.17) is 11.6 Å². The number of hydrogen-bond acceptors (Lipinski definition) is 1. The molecule has 3 heteroatoms. The van der Waals surface area contributed by atoms with Crippen molar-refractivity contribution in [1.29, 1.82) is 0 Å². The van der Waals surface area contributed by atoms with Crippen LogP contribution in [0.3, 0.4) is 0 Å². The topological polar surface area (TPSA) is 17.8 Å². The lowest BCUT2D eigenvalue weighted by molar-refractivity contribution is 0.678. The highest BCUT2D eigenvalue weighted by Crippen LogP contribution is 2.24. The van der Waals surface area contributed by atoms with E-state index in [1.807, 2.05) is 17.9 Å². The molecule has 2 nitrogen and oxygen atoms in total. The van der Waals surface area contributed by atoms with Crippen molar-refractivity contribution in [2.24, 2.45) is 7.05 Å². The highest BCUT2D eigenvalue weighted by Gasteiger charge is 2.10. The number of aryl methyl sites for hydroxylation is 2. The van der Waals surface area contributed by atoms with Crippen molar-refractivity contribution in [3.05, 3.63) is 29.6 Å². The molecule has 1 aromatic heterocycles. The van der Waals surface area contributed by atoms with Gasteiger partial charge in [-0.05, 0) is 37.7 Å². The normalized spacial score (nSPS) is 21.5. The summed E-state index contributed by atoms with van der Waals surface area (Å²) in [6, 6.07) is 0. The lowest BCUT2D eigenvalue weighted by Gasteiger charge is -2.15. The zero-order chi connectivity index (χ0) is 10.7. The Morgan fingerprint density at radius 2 is 2.40 bits per heavy atom. The maximum absolute atomic E-state index is 6.10. The second-order valence-corrected chi connectivity index (χ2v) is 4.82. The van der Waals surface area contributed by atoms with Crippen LogP contribution in [0.25, 0.3) is 0 Å². The number of allylic oxidation sites excluding steroid dienone is 2. The van der Waals surface area contributed by atoms with Gasteiger partial charge in [-0.3, -0.25) is 4.68 Å². The van der Waals surface area contributed by atoms with Crippen LogP contribution in [0.5, 0.6) is 0 Å². The Hall–Kier alpha value is -0.760. The molecule has 0 fully saturated rings. The molecular weight excluding hydrogens is 208 g/mol. The number of hydrogen-bond donors (Lipinski definition) is 0. The minimum Gasteiger partial charge on any atom is -0.276 e. The summed E-state index contributed by atoms with van der Waals surface area (Å²) >= 11 is 6.10. The first-order chi connectivity index (χ1) is 7.24. The van der Waals surface area contributed by atoms with Crippen molar-refractivity contribution in [2.75, 3.05) is 0 Å². The molecule has 1 heterocycles. The first kappa shape index (κ1) is 10.7. The summed E-state index contributed by atoms with van der Waals surface area (Å²) in [5, 5.41) is 4.43. The van der Waals surface area contributed by atoms with Crippen LogP contribution in [0, 0.1) is 0 Å². The number of halogens is 1. The average molecular weight is 225 g/mol. The Bertz CT molecular complexity index is 354. The average Bonchev–Trinajstić information content (AvgIpc) is 2.62. The van der Waals surface area contributed by atoms with Crippen LogP contribution in [-0.4, -0.2) is 15.2 Å². The third-order valence-electron chi connectivity index (χ3n) is 2.89. The van der Waals surface area contributed by atoms with Crippen molar-refractivity contribution >= 4 is 11.6 Å². The maximum atomic E-state index is 6.10. The van der Waals surface area contributed by atoms with Crippen molar-refractivity contribution < 1.29 is 0 Å². The zero-order valence-electron chi connectivity index (χ0n) is 9.12. The molecule has 1 aliphatic carbocycles. The van der Waals surface area contributed by atoms with E-state index in [1.54, 1.807) is 0 Å². The van der Waals surface area contributed by atoms with E-state index in [9.17, 15) is 0 Å². The van der Waals surface area contributed by atoms with Crippen molar-refractivity contribution in [1.82, 2.24) is 9.78 Å². The summed E-state index contributed by atoms with van der Waals surface area (Å²) in [7, 11) is 1.96. The first-order valence-electron chi connectivity index (χ1n) is 5.55. The molecule has 82 valence electrons. The van der Waals surface area contributed by atoms with Gasteiger partial charge in [0.2, 0.25) is 0 Å². The molecule has 0 aromatic carbocycles. The smallest absolute Gasteiger partial charge is 0.0521 e. The molecular formula is C12H17ClN2. The fourth-order valence-corrected chi connectivity index (χ4v) is 2.39. The highest BCUT2D eigenvalue weighted by atomic mass is 35.5. The first-order valence-corrected chi connectivity index (χ1v) is 5.99. The minimum absolute atomic E-state index is 0.266. The molecule has 0 bridgehead atoms. The second kappa shape index (κ2) is 4.84. The highest BCUT2D eigenvalue weighted by molar-refractivity contribution is 6.21. The van der Waals surface area contributed by atoms with Gasteiger partial charge in [-0.2, -0.15) is 5.10 Å². The molecule has 15 heavy (non-hydrogen) atoms. The van der Waals surface area contributed by atoms with Crippen LogP contribution in [0.4, 0.5) is 0 Å². The Morgan fingerprint density at radius 3 is 3.07 bits per heavy atom. The van der Waals surface area contributed by atoms with E-state index < -0.39 is 0 Å². The number of rotatable bonds is 3. The largest absolute Gasteiger partial charge is 0.276 e. The summed E-state index contributed by atoms with van der Waals surface area (Å²) in [6.07, 6.45) is 12.1. The summed E-state index contributed by atoms with van der Waals surface area (Å²) < 4.78 is 1.86. The van der Waals surface area contributed by atoms with Gasteiger partial charge in [-0.1, -0.05) is 11.6 Å². The van der Waals surface area contributed by atoms with Gasteiger partial charge in [0.25, 0.3) is 0 Å². The molecule has 1 aromatic rings. The van der Waals surface area contributed by atoms with E-state index >= 15 is 0 Å². The van der Waals surface area contributed by atoms with E-state index in [1.165, 1.54) is 24.0 Å². The van der Waals surface area contributed by atoms with Crippen molar-refractivity contribution in [3.63, 3.8) is 0 Å². The van der Waals surface area contributed by atoms with E-state index in [0.29, 0.717) is 0 Å². The standard InChI is InChI=1S/C12H17ClN2/c1-15-9-11(8-14-15)6-5-10-3-2-4-12(13)7-10/h7-9,12H,2-6H2,1H3. The Kier molecular flexibility index (Phi) is 3.47. The molecule has 0 aliphatic heterocycles. The Morgan fingerprint density at radius 1 is 1.53 bits per heavy atom. The second-order valence-electron chi connectivity index (χ2n) is 4.26. The third kappa shape index (κ3) is 3.10. The van der Waals surface area contributed by atoms with Gasteiger partial charge in [0.1, 0.15) is 0 Å². The summed E-state index contributed by atoms with van der Waals surface area (Å²) in [4.78, 5) is 0. The number of aromatic nitrogens is 2. The maximum Gasteiger partial charge on any atom is 0.0521 e. The SMILES string of the molecule is Cn1cc(CCC2=CC(Cl)CCC2)cn1. The Balaban J connectivity index is 1.87. The summed E-state index contributed by atoms with van der Waals surface area (Å²) in [6.45, 7) is 0. The van der Waals surface area contributed by atoms with Gasteiger partial charge < -0.3 is 0 Å². The summed E-state index contributed by atoms with van der Waals surface area (Å²) in [5.41, 5.74) is 2.83. The zero-order valence-corrected chi connectivity index (χ0v) is 9.87.